The predicted octanol–water partition coefficient (Wildman–Crippen LogP) is 7.23. The van der Waals surface area contributed by atoms with Gasteiger partial charge in [0.1, 0.15) is 0 Å². The maximum absolute atomic E-state index is 10.3. The summed E-state index contributed by atoms with van der Waals surface area (Å²) in [5.74, 6) is 0.187. The normalized spacial score (nSPS) is 14.8. The van der Waals surface area contributed by atoms with Gasteiger partial charge in [0.2, 0.25) is 0 Å². The van der Waals surface area contributed by atoms with Crippen LogP contribution in [-0.2, 0) is 12.0 Å². The molecule has 0 bridgehead atoms. The van der Waals surface area contributed by atoms with Gasteiger partial charge in [-0.25, -0.2) is 0 Å². The molecule has 0 aliphatic carbocycles. The Morgan fingerprint density at radius 1 is 1.00 bits per heavy atom. The molecule has 0 aliphatic rings. The second kappa shape index (κ2) is 10.8. The average molecular weight is 411 g/mol. The molecule has 0 spiro atoms. The van der Waals surface area contributed by atoms with Crippen LogP contribution in [0.2, 0.25) is 5.02 Å². The fourth-order valence-corrected chi connectivity index (χ4v) is 4.63. The quantitative estimate of drug-likeness (QED) is 0.413. The van der Waals surface area contributed by atoms with Gasteiger partial charge in [-0.3, -0.25) is 4.90 Å². The molecule has 0 amide bonds. The van der Waals surface area contributed by atoms with Crippen molar-refractivity contribution in [3.63, 3.8) is 0 Å². The summed E-state index contributed by atoms with van der Waals surface area (Å²) in [5, 5.41) is 11.0. The molecule has 0 aromatic heterocycles. The number of nitriles is 1. The van der Waals surface area contributed by atoms with E-state index in [1.54, 1.807) is 0 Å². The van der Waals surface area contributed by atoms with Crippen molar-refractivity contribution in [2.75, 3.05) is 0 Å². The molecule has 156 valence electrons. The second-order valence-electron chi connectivity index (χ2n) is 8.57. The number of halogens is 1. The lowest BCUT2D eigenvalue weighted by molar-refractivity contribution is 0.123. The molecule has 2 atom stereocenters. The van der Waals surface area contributed by atoms with Gasteiger partial charge < -0.3 is 0 Å². The van der Waals surface area contributed by atoms with Crippen LogP contribution in [0.25, 0.3) is 0 Å². The Balaban J connectivity index is 2.27. The molecule has 29 heavy (non-hydrogen) atoms. The minimum Gasteiger partial charge on any atom is -0.294 e. The van der Waals surface area contributed by atoms with Crippen LogP contribution in [0.1, 0.15) is 65.0 Å². The molecule has 0 heterocycles. The van der Waals surface area contributed by atoms with Crippen molar-refractivity contribution in [1.82, 2.24) is 4.90 Å². The Bertz CT molecular complexity index is 794. The first-order valence-corrected chi connectivity index (χ1v) is 11.2. The number of rotatable bonds is 10. The minimum absolute atomic E-state index is 0.187. The third kappa shape index (κ3) is 5.62. The van der Waals surface area contributed by atoms with Gasteiger partial charge in [0, 0.05) is 23.7 Å². The second-order valence-corrected chi connectivity index (χ2v) is 8.98. The van der Waals surface area contributed by atoms with Crippen molar-refractivity contribution in [2.45, 2.75) is 77.9 Å². The lowest BCUT2D eigenvalue weighted by atomic mass is 9.69. The first-order chi connectivity index (χ1) is 13.9. The van der Waals surface area contributed by atoms with E-state index in [9.17, 15) is 5.26 Å². The van der Waals surface area contributed by atoms with Crippen LogP contribution in [0.3, 0.4) is 0 Å². The summed E-state index contributed by atoms with van der Waals surface area (Å²) in [6.45, 7) is 12.0. The van der Waals surface area contributed by atoms with Crippen LogP contribution in [0, 0.1) is 17.2 Å². The molecular weight excluding hydrogens is 376 g/mol. The summed E-state index contributed by atoms with van der Waals surface area (Å²) in [6.07, 6.45) is 2.84. The van der Waals surface area contributed by atoms with E-state index in [0.29, 0.717) is 17.1 Å². The van der Waals surface area contributed by atoms with Gasteiger partial charge in [0.15, 0.2) is 0 Å². The smallest absolute Gasteiger partial charge is 0.0860 e. The third-order valence-corrected chi connectivity index (χ3v) is 6.55. The topological polar surface area (TPSA) is 27.0 Å². The number of benzene rings is 2. The van der Waals surface area contributed by atoms with E-state index in [0.717, 1.165) is 31.4 Å². The summed E-state index contributed by atoms with van der Waals surface area (Å²) in [4.78, 5) is 2.57. The van der Waals surface area contributed by atoms with Gasteiger partial charge in [-0.05, 0) is 56.2 Å². The predicted molar refractivity (Wildman–Crippen MR) is 124 cm³/mol. The lowest BCUT2D eigenvalue weighted by Gasteiger charge is -2.38. The Labute approximate surface area is 182 Å². The molecule has 2 rings (SSSR count). The van der Waals surface area contributed by atoms with Gasteiger partial charge >= 0.3 is 0 Å². The molecule has 3 heteroatoms. The maximum atomic E-state index is 10.3. The molecule has 0 aliphatic heterocycles. The highest BCUT2D eigenvalue weighted by Gasteiger charge is 2.38. The van der Waals surface area contributed by atoms with Gasteiger partial charge in [-0.15, -0.1) is 0 Å². The van der Waals surface area contributed by atoms with Crippen molar-refractivity contribution >= 4 is 11.6 Å². The van der Waals surface area contributed by atoms with E-state index in [1.165, 1.54) is 5.56 Å². The molecule has 0 saturated carbocycles. The van der Waals surface area contributed by atoms with Crippen LogP contribution >= 0.6 is 11.6 Å². The molecule has 2 aromatic carbocycles. The molecule has 0 radical (unpaired) electrons. The summed E-state index contributed by atoms with van der Waals surface area (Å²) >= 11 is 6.54. The number of nitrogens with zero attached hydrogens (tertiary/aromatic N) is 2. The first kappa shape index (κ1) is 23.5. The van der Waals surface area contributed by atoms with Gasteiger partial charge in [-0.1, -0.05) is 80.9 Å². The summed E-state index contributed by atoms with van der Waals surface area (Å²) in [5.41, 5.74) is 1.73. The minimum atomic E-state index is -0.568. The number of hydrogen-bond donors (Lipinski definition) is 0. The van der Waals surface area contributed by atoms with E-state index in [4.69, 9.17) is 11.6 Å². The number of hydrogen-bond acceptors (Lipinski definition) is 2. The Kier molecular flexibility index (Phi) is 8.75. The average Bonchev–Trinajstić information content (AvgIpc) is 2.71. The lowest BCUT2D eigenvalue weighted by Crippen LogP contribution is -2.41. The fraction of sp³-hybridized carbons (Fsp3) is 0.500. The van der Waals surface area contributed by atoms with Crippen molar-refractivity contribution in [3.05, 3.63) is 70.7 Å². The van der Waals surface area contributed by atoms with E-state index in [1.807, 2.05) is 24.3 Å². The summed E-state index contributed by atoms with van der Waals surface area (Å²) in [7, 11) is 0. The Morgan fingerprint density at radius 2 is 1.62 bits per heavy atom. The highest BCUT2D eigenvalue weighted by molar-refractivity contribution is 6.31. The summed E-state index contributed by atoms with van der Waals surface area (Å²) < 4.78 is 0. The van der Waals surface area contributed by atoms with Crippen LogP contribution < -0.4 is 0 Å². The molecule has 0 N–H and O–H groups in total. The zero-order chi connectivity index (χ0) is 21.4. The van der Waals surface area contributed by atoms with E-state index >= 15 is 0 Å². The Hall–Kier alpha value is -1.82. The monoisotopic (exact) mass is 410 g/mol. The van der Waals surface area contributed by atoms with Crippen molar-refractivity contribution in [2.24, 2.45) is 5.92 Å². The molecular formula is C26H35ClN2. The largest absolute Gasteiger partial charge is 0.294 e. The van der Waals surface area contributed by atoms with Crippen LogP contribution in [-0.4, -0.2) is 17.0 Å². The highest BCUT2D eigenvalue weighted by Crippen LogP contribution is 2.41. The van der Waals surface area contributed by atoms with E-state index in [2.05, 4.69) is 75.9 Å². The van der Waals surface area contributed by atoms with Crippen molar-refractivity contribution in [1.29, 1.82) is 5.26 Å². The standard InChI is InChI=1S/C26H35ClN2/c1-6-23(29(21(4)5)18-22-12-8-7-9-13-22)16-17-26(19-28,20(2)3)24-14-10-11-15-25(24)27/h7-15,20-21,23H,6,16-18H2,1-5H3. The third-order valence-electron chi connectivity index (χ3n) is 6.22. The summed E-state index contributed by atoms with van der Waals surface area (Å²) in [6, 6.07) is 22.0. The van der Waals surface area contributed by atoms with Crippen LogP contribution in [0.15, 0.2) is 54.6 Å². The van der Waals surface area contributed by atoms with Crippen LogP contribution in [0.5, 0.6) is 0 Å². The van der Waals surface area contributed by atoms with Crippen molar-refractivity contribution in [3.8, 4) is 6.07 Å². The molecule has 2 unspecified atom stereocenters. The molecule has 2 aromatic rings. The van der Waals surface area contributed by atoms with E-state index in [-0.39, 0.29) is 5.92 Å². The molecule has 0 fully saturated rings. The van der Waals surface area contributed by atoms with Gasteiger partial charge in [0.25, 0.3) is 0 Å². The zero-order valence-electron chi connectivity index (χ0n) is 18.5. The first-order valence-electron chi connectivity index (χ1n) is 10.8. The Morgan fingerprint density at radius 3 is 2.14 bits per heavy atom. The molecule has 0 saturated heterocycles. The maximum Gasteiger partial charge on any atom is 0.0860 e. The zero-order valence-corrected chi connectivity index (χ0v) is 19.3. The van der Waals surface area contributed by atoms with Crippen LogP contribution in [0.4, 0.5) is 0 Å². The molecule has 2 nitrogen and oxygen atoms in total. The fourth-order valence-electron chi connectivity index (χ4n) is 4.33. The highest BCUT2D eigenvalue weighted by atomic mass is 35.5. The van der Waals surface area contributed by atoms with E-state index < -0.39 is 5.41 Å². The van der Waals surface area contributed by atoms with Gasteiger partial charge in [-0.2, -0.15) is 5.26 Å². The SMILES string of the molecule is CCC(CCC(C#N)(c1ccccc1Cl)C(C)C)N(Cc1ccccc1)C(C)C. The van der Waals surface area contributed by atoms with Gasteiger partial charge in [0.05, 0.1) is 11.5 Å². The van der Waals surface area contributed by atoms with Crippen molar-refractivity contribution < 1.29 is 0 Å².